The van der Waals surface area contributed by atoms with Crippen molar-refractivity contribution in [1.29, 1.82) is 0 Å². The van der Waals surface area contributed by atoms with E-state index >= 15 is 0 Å². The van der Waals surface area contributed by atoms with Crippen LogP contribution in [0.15, 0.2) is 0 Å². The fourth-order valence-electron chi connectivity index (χ4n) is 2.29. The van der Waals surface area contributed by atoms with Gasteiger partial charge in [0, 0.05) is 0 Å². The van der Waals surface area contributed by atoms with E-state index in [9.17, 15) is 0 Å². The van der Waals surface area contributed by atoms with Crippen LogP contribution >= 0.6 is 0 Å². The summed E-state index contributed by atoms with van der Waals surface area (Å²) in [5, 5.41) is 0. The van der Waals surface area contributed by atoms with Crippen molar-refractivity contribution in [3.63, 3.8) is 0 Å². The van der Waals surface area contributed by atoms with Gasteiger partial charge in [0.2, 0.25) is 0 Å². The highest BCUT2D eigenvalue weighted by Gasteiger charge is 2.44. The van der Waals surface area contributed by atoms with Crippen molar-refractivity contribution in [2.24, 2.45) is 11.8 Å². The maximum absolute atomic E-state index is 5.50. The summed E-state index contributed by atoms with van der Waals surface area (Å²) in [7, 11) is 0. The quantitative estimate of drug-likeness (QED) is 0.557. The summed E-state index contributed by atoms with van der Waals surface area (Å²) in [6, 6.07) is 0. The largest absolute Gasteiger partial charge is 0.370 e. The predicted molar refractivity (Wildman–Crippen MR) is 45.5 cm³/mol. The molecule has 1 heterocycles. The smallest absolute Gasteiger partial charge is 0.0844 e. The number of fused-ring (bicyclic) bond motifs is 1. The lowest BCUT2D eigenvalue weighted by Crippen LogP contribution is -2.19. The lowest BCUT2D eigenvalue weighted by Gasteiger charge is -2.24. The molecule has 0 aromatic carbocycles. The van der Waals surface area contributed by atoms with Crippen molar-refractivity contribution < 1.29 is 4.74 Å². The van der Waals surface area contributed by atoms with Gasteiger partial charge in [-0.15, -0.1) is 0 Å². The van der Waals surface area contributed by atoms with Crippen molar-refractivity contribution in [3.8, 4) is 0 Å². The molecule has 1 nitrogen and oxygen atoms in total. The monoisotopic (exact) mass is 154 g/mol. The highest BCUT2D eigenvalue weighted by Crippen LogP contribution is 2.42. The average molecular weight is 154 g/mol. The lowest BCUT2D eigenvalue weighted by molar-refractivity contribution is 0.274. The molecule has 4 unspecified atom stereocenters. The van der Waals surface area contributed by atoms with E-state index in [0.29, 0.717) is 12.2 Å². The molecule has 11 heavy (non-hydrogen) atoms. The fourth-order valence-corrected chi connectivity index (χ4v) is 2.29. The topological polar surface area (TPSA) is 12.5 Å². The van der Waals surface area contributed by atoms with Crippen LogP contribution < -0.4 is 0 Å². The van der Waals surface area contributed by atoms with Gasteiger partial charge in [0.1, 0.15) is 0 Å². The van der Waals surface area contributed by atoms with Gasteiger partial charge in [-0.1, -0.05) is 20.3 Å². The van der Waals surface area contributed by atoms with E-state index in [1.807, 2.05) is 0 Å². The van der Waals surface area contributed by atoms with Crippen molar-refractivity contribution in [2.45, 2.75) is 51.7 Å². The zero-order chi connectivity index (χ0) is 7.84. The molecule has 0 amide bonds. The van der Waals surface area contributed by atoms with Crippen LogP contribution in [0.25, 0.3) is 0 Å². The van der Waals surface area contributed by atoms with Crippen molar-refractivity contribution in [1.82, 2.24) is 0 Å². The summed E-state index contributed by atoms with van der Waals surface area (Å²) in [6.45, 7) is 4.68. The maximum atomic E-state index is 5.50. The summed E-state index contributed by atoms with van der Waals surface area (Å²) in [4.78, 5) is 0. The Morgan fingerprint density at radius 3 is 2.82 bits per heavy atom. The number of hydrogen-bond acceptors (Lipinski definition) is 1. The van der Waals surface area contributed by atoms with Crippen LogP contribution in [0.2, 0.25) is 0 Å². The number of rotatable bonds is 2. The second kappa shape index (κ2) is 2.78. The first-order valence-corrected chi connectivity index (χ1v) is 4.96. The fraction of sp³-hybridized carbons (Fsp3) is 1.00. The summed E-state index contributed by atoms with van der Waals surface area (Å²) >= 11 is 0. The highest BCUT2D eigenvalue weighted by molar-refractivity contribution is 4.92. The van der Waals surface area contributed by atoms with Gasteiger partial charge in [-0.05, 0) is 31.1 Å². The molecule has 0 bridgehead atoms. The summed E-state index contributed by atoms with van der Waals surface area (Å²) in [6.07, 6.45) is 6.77. The lowest BCUT2D eigenvalue weighted by atomic mass is 9.80. The highest BCUT2D eigenvalue weighted by atomic mass is 16.6. The van der Waals surface area contributed by atoms with E-state index in [1.165, 1.54) is 25.7 Å². The molecule has 2 fully saturated rings. The van der Waals surface area contributed by atoms with Gasteiger partial charge in [-0.25, -0.2) is 0 Å². The first kappa shape index (κ1) is 7.60. The van der Waals surface area contributed by atoms with Crippen molar-refractivity contribution >= 4 is 0 Å². The van der Waals surface area contributed by atoms with E-state index in [2.05, 4.69) is 13.8 Å². The van der Waals surface area contributed by atoms with E-state index < -0.39 is 0 Å². The Morgan fingerprint density at radius 1 is 1.36 bits per heavy atom. The van der Waals surface area contributed by atoms with Crippen LogP contribution in [0, 0.1) is 11.8 Å². The molecule has 1 saturated carbocycles. The summed E-state index contributed by atoms with van der Waals surface area (Å²) in [5.41, 5.74) is 0. The summed E-state index contributed by atoms with van der Waals surface area (Å²) in [5.74, 6) is 1.88. The second-order valence-electron chi connectivity index (χ2n) is 4.17. The minimum absolute atomic E-state index is 0.669. The Kier molecular flexibility index (Phi) is 1.92. The SMILES string of the molecule is CCC(C)C1CCC2OC2C1. The molecular formula is C10H18O. The van der Waals surface area contributed by atoms with Crippen LogP contribution in [0.5, 0.6) is 0 Å². The van der Waals surface area contributed by atoms with Crippen molar-refractivity contribution in [2.75, 3.05) is 0 Å². The van der Waals surface area contributed by atoms with Gasteiger partial charge in [-0.2, -0.15) is 0 Å². The molecule has 0 aromatic rings. The van der Waals surface area contributed by atoms with Crippen LogP contribution in [-0.2, 0) is 4.74 Å². The molecule has 1 saturated heterocycles. The van der Waals surface area contributed by atoms with E-state index in [1.54, 1.807) is 0 Å². The molecule has 2 rings (SSSR count). The normalized spacial score (nSPS) is 44.7. The second-order valence-corrected chi connectivity index (χ2v) is 4.17. The Balaban J connectivity index is 1.84. The molecule has 0 aromatic heterocycles. The molecule has 1 aliphatic heterocycles. The van der Waals surface area contributed by atoms with Gasteiger partial charge in [0.25, 0.3) is 0 Å². The van der Waals surface area contributed by atoms with E-state index in [0.717, 1.165) is 11.8 Å². The van der Waals surface area contributed by atoms with Crippen molar-refractivity contribution in [3.05, 3.63) is 0 Å². The van der Waals surface area contributed by atoms with Crippen LogP contribution in [0.1, 0.15) is 39.5 Å². The Morgan fingerprint density at radius 2 is 2.18 bits per heavy atom. The molecule has 0 radical (unpaired) electrons. The zero-order valence-electron chi connectivity index (χ0n) is 7.55. The van der Waals surface area contributed by atoms with E-state index in [4.69, 9.17) is 4.74 Å². The van der Waals surface area contributed by atoms with Gasteiger partial charge in [-0.3, -0.25) is 0 Å². The molecule has 4 atom stereocenters. The van der Waals surface area contributed by atoms with Gasteiger partial charge >= 0.3 is 0 Å². The third kappa shape index (κ3) is 1.44. The number of hydrogen-bond donors (Lipinski definition) is 0. The van der Waals surface area contributed by atoms with Crippen LogP contribution in [-0.4, -0.2) is 12.2 Å². The minimum atomic E-state index is 0.669. The Hall–Kier alpha value is -0.0400. The molecule has 1 aliphatic carbocycles. The molecule has 1 heteroatoms. The molecule has 2 aliphatic rings. The zero-order valence-corrected chi connectivity index (χ0v) is 7.55. The third-order valence-corrected chi connectivity index (χ3v) is 3.49. The van der Waals surface area contributed by atoms with Crippen LogP contribution in [0.3, 0.4) is 0 Å². The predicted octanol–water partition coefficient (Wildman–Crippen LogP) is 2.60. The third-order valence-electron chi connectivity index (χ3n) is 3.49. The number of epoxide rings is 1. The van der Waals surface area contributed by atoms with Gasteiger partial charge in [0.15, 0.2) is 0 Å². The number of ether oxygens (including phenoxy) is 1. The first-order valence-electron chi connectivity index (χ1n) is 4.96. The average Bonchev–Trinajstić information content (AvgIpc) is 2.80. The maximum Gasteiger partial charge on any atom is 0.0844 e. The molecular weight excluding hydrogens is 136 g/mol. The minimum Gasteiger partial charge on any atom is -0.370 e. The molecule has 0 spiro atoms. The Labute approximate surface area is 69.1 Å². The summed E-state index contributed by atoms with van der Waals surface area (Å²) < 4.78 is 5.50. The van der Waals surface area contributed by atoms with E-state index in [-0.39, 0.29) is 0 Å². The molecule has 0 N–H and O–H groups in total. The Bertz CT molecular complexity index is 144. The van der Waals surface area contributed by atoms with Gasteiger partial charge in [0.05, 0.1) is 12.2 Å². The first-order chi connectivity index (χ1) is 5.31. The molecule has 64 valence electrons. The van der Waals surface area contributed by atoms with Gasteiger partial charge < -0.3 is 4.74 Å². The van der Waals surface area contributed by atoms with Crippen LogP contribution in [0.4, 0.5) is 0 Å². The standard InChI is InChI=1S/C10H18O/c1-3-7(2)8-4-5-9-10(6-8)11-9/h7-10H,3-6H2,1-2H3.